The van der Waals surface area contributed by atoms with Gasteiger partial charge in [-0.1, -0.05) is 68.8 Å². The van der Waals surface area contributed by atoms with Crippen LogP contribution in [-0.2, 0) is 16.0 Å². The smallest absolute Gasteiger partial charge is 0.336 e. The van der Waals surface area contributed by atoms with Crippen LogP contribution in [0.1, 0.15) is 72.1 Å². The summed E-state index contributed by atoms with van der Waals surface area (Å²) >= 11 is 0. The average molecular weight is 471 g/mol. The Kier molecular flexibility index (Phi) is 7.30. The van der Waals surface area contributed by atoms with Gasteiger partial charge in [0.2, 0.25) is 0 Å². The van der Waals surface area contributed by atoms with Gasteiger partial charge in [-0.25, -0.2) is 9.78 Å². The van der Waals surface area contributed by atoms with Gasteiger partial charge in [0.1, 0.15) is 5.65 Å². The number of aryl methyl sites for hydroxylation is 2. The summed E-state index contributed by atoms with van der Waals surface area (Å²) in [6.07, 6.45) is 4.31. The van der Waals surface area contributed by atoms with E-state index in [4.69, 9.17) is 9.72 Å². The summed E-state index contributed by atoms with van der Waals surface area (Å²) in [5.41, 5.74) is 6.21. The minimum absolute atomic E-state index is 0.244. The lowest BCUT2D eigenvalue weighted by Crippen LogP contribution is -2.15. The topological polar surface area (TPSA) is 80.9 Å². The zero-order chi connectivity index (χ0) is 24.9. The van der Waals surface area contributed by atoms with Gasteiger partial charge < -0.3 is 9.84 Å². The second-order valence-electron chi connectivity index (χ2n) is 8.71. The predicted octanol–water partition coefficient (Wildman–Crippen LogP) is 6.39. The molecular formula is C29H30N2O4. The Bertz CT molecular complexity index is 1360. The molecule has 1 atom stereocenters. The first-order valence-corrected chi connectivity index (χ1v) is 12.0. The first-order valence-electron chi connectivity index (χ1n) is 12.0. The number of imidazole rings is 1. The SMILES string of the molecule is CCCC(=O)O[C@H](c1ccc(-c2ccccc2C(=O)O)cc1)c1ccc(C)c2nc(CCC)cn12. The molecule has 0 unspecified atom stereocenters. The first-order chi connectivity index (χ1) is 16.9. The number of aromatic carboxylic acids is 1. The molecule has 0 aliphatic rings. The second kappa shape index (κ2) is 10.6. The molecule has 0 spiro atoms. The number of fused-ring (bicyclic) bond motifs is 1. The van der Waals surface area contributed by atoms with E-state index in [0.717, 1.165) is 46.6 Å². The van der Waals surface area contributed by atoms with E-state index in [1.807, 2.05) is 66.9 Å². The summed E-state index contributed by atoms with van der Waals surface area (Å²) in [6.45, 7) is 6.09. The van der Waals surface area contributed by atoms with Crippen LogP contribution < -0.4 is 0 Å². The average Bonchev–Trinajstić information content (AvgIpc) is 3.28. The van der Waals surface area contributed by atoms with Gasteiger partial charge in [-0.3, -0.25) is 9.20 Å². The van der Waals surface area contributed by atoms with Crippen LogP contribution >= 0.6 is 0 Å². The number of ether oxygens (including phenoxy) is 1. The van der Waals surface area contributed by atoms with E-state index in [-0.39, 0.29) is 11.5 Å². The summed E-state index contributed by atoms with van der Waals surface area (Å²) in [4.78, 5) is 29.1. The quantitative estimate of drug-likeness (QED) is 0.287. The highest BCUT2D eigenvalue weighted by Gasteiger charge is 2.23. The molecule has 0 amide bonds. The monoisotopic (exact) mass is 470 g/mol. The fourth-order valence-electron chi connectivity index (χ4n) is 4.31. The maximum Gasteiger partial charge on any atom is 0.336 e. The fraction of sp³-hybridized carbons (Fsp3) is 0.276. The Morgan fingerprint density at radius 3 is 2.43 bits per heavy atom. The molecule has 0 saturated heterocycles. The molecule has 0 aliphatic heterocycles. The maximum atomic E-state index is 12.6. The zero-order valence-electron chi connectivity index (χ0n) is 20.3. The van der Waals surface area contributed by atoms with Crippen molar-refractivity contribution in [1.29, 1.82) is 0 Å². The lowest BCUT2D eigenvalue weighted by Gasteiger charge is -2.21. The van der Waals surface area contributed by atoms with E-state index in [1.54, 1.807) is 18.2 Å². The van der Waals surface area contributed by atoms with E-state index in [1.165, 1.54) is 0 Å². The second-order valence-corrected chi connectivity index (χ2v) is 8.71. The number of pyridine rings is 1. The number of esters is 1. The molecule has 2 aromatic heterocycles. The highest BCUT2D eigenvalue weighted by atomic mass is 16.5. The largest absolute Gasteiger partial charge is 0.478 e. The molecule has 6 heteroatoms. The van der Waals surface area contributed by atoms with Gasteiger partial charge in [-0.15, -0.1) is 0 Å². The minimum atomic E-state index is -0.971. The molecule has 1 N–H and O–H groups in total. The third-order valence-electron chi connectivity index (χ3n) is 6.05. The molecule has 4 aromatic rings. The first kappa shape index (κ1) is 24.2. The summed E-state index contributed by atoms with van der Waals surface area (Å²) in [5, 5.41) is 9.57. The van der Waals surface area contributed by atoms with E-state index in [0.29, 0.717) is 18.4 Å². The Balaban J connectivity index is 1.79. The molecule has 180 valence electrons. The van der Waals surface area contributed by atoms with Gasteiger partial charge in [-0.2, -0.15) is 0 Å². The molecule has 0 bridgehead atoms. The van der Waals surface area contributed by atoms with Crippen LogP contribution in [0.15, 0.2) is 66.9 Å². The number of hydrogen-bond acceptors (Lipinski definition) is 4. The van der Waals surface area contributed by atoms with Crippen molar-refractivity contribution < 1.29 is 19.4 Å². The predicted molar refractivity (Wildman–Crippen MR) is 136 cm³/mol. The van der Waals surface area contributed by atoms with E-state index in [9.17, 15) is 14.7 Å². The highest BCUT2D eigenvalue weighted by Crippen LogP contribution is 2.31. The molecular weight excluding hydrogens is 440 g/mol. The third kappa shape index (κ3) is 5.11. The standard InChI is InChI=1S/C29H30N2O4/c1-4-8-22-18-31-25(17-12-19(3)28(31)30-22)27(35-26(32)9-5-2)21-15-13-20(14-16-21)23-10-6-7-11-24(23)29(33)34/h6-7,10-18,27H,4-5,8-9H2,1-3H3,(H,33,34)/t27-/m1/s1. The normalized spacial score (nSPS) is 12.0. The van der Waals surface area contributed by atoms with Crippen LogP contribution in [0.25, 0.3) is 16.8 Å². The number of nitrogens with zero attached hydrogens (tertiary/aromatic N) is 2. The molecule has 4 rings (SSSR count). The number of benzene rings is 2. The van der Waals surface area contributed by atoms with Crippen molar-refractivity contribution in [1.82, 2.24) is 9.38 Å². The molecule has 2 aromatic carbocycles. The molecule has 0 aliphatic carbocycles. The molecule has 6 nitrogen and oxygen atoms in total. The van der Waals surface area contributed by atoms with E-state index < -0.39 is 12.1 Å². The van der Waals surface area contributed by atoms with Gasteiger partial charge in [0.05, 0.1) is 17.0 Å². The van der Waals surface area contributed by atoms with Gasteiger partial charge in [0.15, 0.2) is 6.10 Å². The van der Waals surface area contributed by atoms with Gasteiger partial charge in [0.25, 0.3) is 0 Å². The van der Waals surface area contributed by atoms with Crippen molar-refractivity contribution in [2.45, 2.75) is 52.6 Å². The Labute approximate surface area is 205 Å². The number of aromatic nitrogens is 2. The number of hydrogen-bond donors (Lipinski definition) is 1. The van der Waals surface area contributed by atoms with E-state index >= 15 is 0 Å². The van der Waals surface area contributed by atoms with Crippen LogP contribution in [-0.4, -0.2) is 26.4 Å². The van der Waals surface area contributed by atoms with E-state index in [2.05, 4.69) is 6.92 Å². The van der Waals surface area contributed by atoms with Gasteiger partial charge >= 0.3 is 11.9 Å². The van der Waals surface area contributed by atoms with Crippen LogP contribution in [0.2, 0.25) is 0 Å². The summed E-state index contributed by atoms with van der Waals surface area (Å²) < 4.78 is 8.03. The van der Waals surface area contributed by atoms with Crippen molar-refractivity contribution >= 4 is 17.6 Å². The van der Waals surface area contributed by atoms with Crippen molar-refractivity contribution in [2.75, 3.05) is 0 Å². The number of carboxylic acid groups (broad SMARTS) is 1. The number of rotatable bonds is 9. The van der Waals surface area contributed by atoms with Gasteiger partial charge in [-0.05, 0) is 54.2 Å². The van der Waals surface area contributed by atoms with Crippen molar-refractivity contribution in [2.24, 2.45) is 0 Å². The Morgan fingerprint density at radius 1 is 1.00 bits per heavy atom. The fourth-order valence-corrected chi connectivity index (χ4v) is 4.31. The van der Waals surface area contributed by atoms with Crippen LogP contribution in [0.4, 0.5) is 0 Å². The molecule has 0 fully saturated rings. The van der Waals surface area contributed by atoms with Crippen molar-refractivity contribution in [3.05, 3.63) is 94.9 Å². The van der Waals surface area contributed by atoms with Crippen molar-refractivity contribution in [3.63, 3.8) is 0 Å². The van der Waals surface area contributed by atoms with Crippen LogP contribution in [0.5, 0.6) is 0 Å². The maximum absolute atomic E-state index is 12.6. The molecule has 35 heavy (non-hydrogen) atoms. The number of carbonyl (C=O) groups excluding carboxylic acids is 1. The lowest BCUT2D eigenvalue weighted by atomic mass is 9.96. The number of carbonyl (C=O) groups is 2. The Morgan fingerprint density at radius 2 is 1.74 bits per heavy atom. The van der Waals surface area contributed by atoms with Crippen LogP contribution in [0, 0.1) is 6.92 Å². The summed E-state index contributed by atoms with van der Waals surface area (Å²) in [7, 11) is 0. The van der Waals surface area contributed by atoms with Gasteiger partial charge in [0, 0.05) is 12.6 Å². The summed E-state index contributed by atoms with van der Waals surface area (Å²) in [6, 6.07) is 18.5. The molecule has 2 heterocycles. The zero-order valence-corrected chi connectivity index (χ0v) is 20.3. The third-order valence-corrected chi connectivity index (χ3v) is 6.05. The Hall–Kier alpha value is -3.93. The molecule has 0 saturated carbocycles. The number of carboxylic acids is 1. The minimum Gasteiger partial charge on any atom is -0.478 e. The molecule has 0 radical (unpaired) electrons. The highest BCUT2D eigenvalue weighted by molar-refractivity contribution is 5.96. The lowest BCUT2D eigenvalue weighted by molar-refractivity contribution is -0.147. The van der Waals surface area contributed by atoms with Crippen molar-refractivity contribution in [3.8, 4) is 11.1 Å². The van der Waals surface area contributed by atoms with Crippen LogP contribution in [0.3, 0.4) is 0 Å². The summed E-state index contributed by atoms with van der Waals surface area (Å²) in [5.74, 6) is -1.23.